The summed E-state index contributed by atoms with van der Waals surface area (Å²) >= 11 is 5.07. The Bertz CT molecular complexity index is 1100. The molecule has 0 radical (unpaired) electrons. The zero-order chi connectivity index (χ0) is 25.9. The molecule has 0 bridgehead atoms. The fraction of sp³-hybridized carbons (Fsp3) is 0.333. The van der Waals surface area contributed by atoms with Crippen LogP contribution < -0.4 is 5.32 Å². The van der Waals surface area contributed by atoms with Gasteiger partial charge in [0.05, 0.1) is 5.75 Å². The first-order chi connectivity index (χ1) is 17.4. The van der Waals surface area contributed by atoms with Crippen LogP contribution in [0.2, 0.25) is 0 Å². The second-order valence-corrected chi connectivity index (χ2v) is 11.1. The number of nitrogens with zero attached hydrogens (tertiary/aromatic N) is 1. The lowest BCUT2D eigenvalue weighted by Gasteiger charge is -2.32. The predicted molar refractivity (Wildman–Crippen MR) is 154 cm³/mol. The predicted octanol–water partition coefficient (Wildman–Crippen LogP) is 6.55. The van der Waals surface area contributed by atoms with E-state index in [1.54, 1.807) is 16.7 Å². The summed E-state index contributed by atoms with van der Waals surface area (Å²) in [6.45, 7) is 6.49. The Morgan fingerprint density at radius 2 is 1.56 bits per heavy atom. The van der Waals surface area contributed by atoms with Crippen LogP contribution in [0.5, 0.6) is 0 Å². The molecule has 3 aromatic rings. The van der Waals surface area contributed by atoms with Gasteiger partial charge in [0.2, 0.25) is 11.8 Å². The standard InChI is InChI=1S/C30H35BrN2O2S/c1-4-23(3)32-30(35)28(18-24-8-6-5-7-9-24)33(19-25-14-16-27(31)17-15-25)29(34)21-36-20-26-12-10-22(2)11-13-26/h5-17,23,28H,4,18-21H2,1-3H3,(H,32,35)/t23-,28-/m1/s1. The molecule has 0 fully saturated rings. The minimum absolute atomic E-state index is 0.0322. The van der Waals surface area contributed by atoms with Crippen molar-refractivity contribution in [2.24, 2.45) is 0 Å². The molecule has 4 nitrogen and oxygen atoms in total. The third kappa shape index (κ3) is 8.82. The molecule has 190 valence electrons. The van der Waals surface area contributed by atoms with Gasteiger partial charge in [0.1, 0.15) is 6.04 Å². The van der Waals surface area contributed by atoms with Crippen LogP contribution >= 0.6 is 27.7 Å². The molecule has 0 unspecified atom stereocenters. The summed E-state index contributed by atoms with van der Waals surface area (Å²) in [5.74, 6) is 0.921. The van der Waals surface area contributed by atoms with Gasteiger partial charge in [0.15, 0.2) is 0 Å². The van der Waals surface area contributed by atoms with E-state index < -0.39 is 6.04 Å². The maximum atomic E-state index is 13.7. The molecule has 2 atom stereocenters. The van der Waals surface area contributed by atoms with Gasteiger partial charge in [-0.25, -0.2) is 0 Å². The number of benzene rings is 3. The highest BCUT2D eigenvalue weighted by molar-refractivity contribution is 9.10. The van der Waals surface area contributed by atoms with Gasteiger partial charge >= 0.3 is 0 Å². The molecule has 0 spiro atoms. The van der Waals surface area contributed by atoms with Crippen molar-refractivity contribution in [3.05, 3.63) is 106 Å². The van der Waals surface area contributed by atoms with Gasteiger partial charge in [-0.2, -0.15) is 0 Å². The van der Waals surface area contributed by atoms with Crippen LogP contribution in [0, 0.1) is 6.92 Å². The Kier molecular flexibility index (Phi) is 11.1. The number of carbonyl (C=O) groups excluding carboxylic acids is 2. The number of hydrogen-bond acceptors (Lipinski definition) is 3. The quantitative estimate of drug-likeness (QED) is 0.270. The first-order valence-electron chi connectivity index (χ1n) is 12.4. The molecule has 6 heteroatoms. The molecule has 0 aliphatic rings. The van der Waals surface area contributed by atoms with Crippen LogP contribution in [0.3, 0.4) is 0 Å². The van der Waals surface area contributed by atoms with Crippen LogP contribution in [0.4, 0.5) is 0 Å². The number of aryl methyl sites for hydroxylation is 1. The van der Waals surface area contributed by atoms with Crippen molar-refractivity contribution in [1.29, 1.82) is 0 Å². The third-order valence-corrected chi connectivity index (χ3v) is 7.67. The van der Waals surface area contributed by atoms with Gasteiger partial charge in [-0.3, -0.25) is 9.59 Å². The highest BCUT2D eigenvalue weighted by atomic mass is 79.9. The van der Waals surface area contributed by atoms with E-state index in [2.05, 4.69) is 52.4 Å². The van der Waals surface area contributed by atoms with Crippen LogP contribution in [-0.2, 0) is 28.3 Å². The molecule has 0 aliphatic carbocycles. The molecule has 3 aromatic carbocycles. The van der Waals surface area contributed by atoms with Crippen LogP contribution in [0.1, 0.15) is 42.5 Å². The Morgan fingerprint density at radius 1 is 0.917 bits per heavy atom. The molecule has 0 saturated heterocycles. The van der Waals surface area contributed by atoms with Gasteiger partial charge in [0, 0.05) is 29.2 Å². The van der Waals surface area contributed by atoms with Gasteiger partial charge in [-0.15, -0.1) is 11.8 Å². The van der Waals surface area contributed by atoms with Crippen molar-refractivity contribution < 1.29 is 9.59 Å². The zero-order valence-corrected chi connectivity index (χ0v) is 23.6. The van der Waals surface area contributed by atoms with Crippen molar-refractivity contribution in [1.82, 2.24) is 10.2 Å². The van der Waals surface area contributed by atoms with E-state index in [-0.39, 0.29) is 17.9 Å². The third-order valence-electron chi connectivity index (χ3n) is 6.15. The van der Waals surface area contributed by atoms with Crippen LogP contribution in [0.25, 0.3) is 0 Å². The molecule has 3 rings (SSSR count). The van der Waals surface area contributed by atoms with E-state index in [1.165, 1.54) is 11.1 Å². The van der Waals surface area contributed by atoms with E-state index in [0.29, 0.717) is 18.7 Å². The number of halogens is 1. The first kappa shape index (κ1) is 28.0. The molecule has 36 heavy (non-hydrogen) atoms. The van der Waals surface area contributed by atoms with Crippen molar-refractivity contribution in [3.8, 4) is 0 Å². The van der Waals surface area contributed by atoms with Gasteiger partial charge in [-0.1, -0.05) is 95.1 Å². The molecular weight excluding hydrogens is 532 g/mol. The van der Waals surface area contributed by atoms with Crippen molar-refractivity contribution >= 4 is 39.5 Å². The number of amides is 2. The molecule has 1 N–H and O–H groups in total. The molecule has 0 saturated carbocycles. The largest absolute Gasteiger partial charge is 0.352 e. The minimum atomic E-state index is -0.600. The van der Waals surface area contributed by atoms with Crippen molar-refractivity contribution in [2.75, 3.05) is 5.75 Å². The zero-order valence-electron chi connectivity index (χ0n) is 21.2. The number of nitrogens with one attached hydrogen (secondary N) is 1. The summed E-state index contributed by atoms with van der Waals surface area (Å²) in [6, 6.07) is 25.7. The summed E-state index contributed by atoms with van der Waals surface area (Å²) in [4.78, 5) is 28.9. The topological polar surface area (TPSA) is 49.4 Å². The Morgan fingerprint density at radius 3 is 2.19 bits per heavy atom. The average Bonchev–Trinajstić information content (AvgIpc) is 2.88. The maximum Gasteiger partial charge on any atom is 0.243 e. The van der Waals surface area contributed by atoms with Gasteiger partial charge in [0.25, 0.3) is 0 Å². The first-order valence-corrected chi connectivity index (χ1v) is 14.3. The summed E-state index contributed by atoms with van der Waals surface area (Å²) in [5, 5.41) is 3.12. The summed E-state index contributed by atoms with van der Waals surface area (Å²) in [5.41, 5.74) is 4.43. The maximum absolute atomic E-state index is 13.7. The number of carbonyl (C=O) groups is 2. The molecule has 0 aromatic heterocycles. The van der Waals surface area contributed by atoms with Crippen molar-refractivity contribution in [2.45, 2.75) is 58.0 Å². The van der Waals surface area contributed by atoms with Crippen molar-refractivity contribution in [3.63, 3.8) is 0 Å². The normalized spacial score (nSPS) is 12.6. The van der Waals surface area contributed by atoms with E-state index >= 15 is 0 Å². The summed E-state index contributed by atoms with van der Waals surface area (Å²) in [7, 11) is 0. The fourth-order valence-electron chi connectivity index (χ4n) is 3.80. The van der Waals surface area contributed by atoms with E-state index in [9.17, 15) is 9.59 Å². The Hall–Kier alpha value is -2.57. The summed E-state index contributed by atoms with van der Waals surface area (Å²) < 4.78 is 0.980. The van der Waals surface area contributed by atoms with E-state index in [0.717, 1.165) is 27.8 Å². The second kappa shape index (κ2) is 14.2. The molecule has 0 aliphatic heterocycles. The van der Waals surface area contributed by atoms with Crippen LogP contribution in [0.15, 0.2) is 83.3 Å². The lowest BCUT2D eigenvalue weighted by molar-refractivity contribution is -0.139. The number of rotatable bonds is 12. The fourth-order valence-corrected chi connectivity index (χ4v) is 4.94. The lowest BCUT2D eigenvalue weighted by Crippen LogP contribution is -2.52. The Balaban J connectivity index is 1.84. The molecular formula is C30H35BrN2O2S. The smallest absolute Gasteiger partial charge is 0.243 e. The van der Waals surface area contributed by atoms with E-state index in [1.807, 2.05) is 68.4 Å². The second-order valence-electron chi connectivity index (χ2n) is 9.15. The Labute approximate surface area is 228 Å². The van der Waals surface area contributed by atoms with Gasteiger partial charge in [-0.05, 0) is 49.1 Å². The summed E-state index contributed by atoms with van der Waals surface area (Å²) in [6.07, 6.45) is 1.30. The van der Waals surface area contributed by atoms with E-state index in [4.69, 9.17) is 0 Å². The SMILES string of the molecule is CC[C@@H](C)NC(=O)[C@@H](Cc1ccccc1)N(Cc1ccc(Br)cc1)C(=O)CSCc1ccc(C)cc1. The average molecular weight is 568 g/mol. The number of thioether (sulfide) groups is 1. The lowest BCUT2D eigenvalue weighted by atomic mass is 10.0. The highest BCUT2D eigenvalue weighted by Crippen LogP contribution is 2.20. The molecule has 0 heterocycles. The van der Waals surface area contributed by atoms with Crippen LogP contribution in [-0.4, -0.2) is 34.6 Å². The minimum Gasteiger partial charge on any atom is -0.352 e. The highest BCUT2D eigenvalue weighted by Gasteiger charge is 2.30. The number of hydrogen-bond donors (Lipinski definition) is 1. The van der Waals surface area contributed by atoms with Gasteiger partial charge < -0.3 is 10.2 Å². The monoisotopic (exact) mass is 566 g/mol. The molecule has 2 amide bonds.